The molecule has 1 unspecified atom stereocenters. The Labute approximate surface area is 120 Å². The van der Waals surface area contributed by atoms with Crippen molar-refractivity contribution >= 4 is 11.8 Å². The second kappa shape index (κ2) is 8.32. The molecule has 0 radical (unpaired) electrons. The fraction of sp³-hybridized carbons (Fsp3) is 0.467. The Morgan fingerprint density at radius 2 is 1.70 bits per heavy atom. The summed E-state index contributed by atoms with van der Waals surface area (Å²) in [6, 6.07) is 9.72. The Morgan fingerprint density at radius 3 is 2.25 bits per heavy atom. The number of hydrogen-bond donors (Lipinski definition) is 2. The lowest BCUT2D eigenvalue weighted by Gasteiger charge is -2.21. The summed E-state index contributed by atoms with van der Waals surface area (Å²) < 4.78 is 0. The molecule has 0 spiro atoms. The van der Waals surface area contributed by atoms with Gasteiger partial charge in [-0.3, -0.25) is 9.59 Å². The molecule has 0 saturated heterocycles. The van der Waals surface area contributed by atoms with Crippen molar-refractivity contribution in [1.29, 1.82) is 0 Å². The van der Waals surface area contributed by atoms with Crippen LogP contribution >= 0.6 is 0 Å². The number of nitrogens with zero attached hydrogens (tertiary/aromatic N) is 1. The highest BCUT2D eigenvalue weighted by atomic mass is 16.2. The highest BCUT2D eigenvalue weighted by Gasteiger charge is 2.20. The monoisotopic (exact) mass is 277 g/mol. The number of benzene rings is 1. The molecule has 1 atom stereocenters. The molecule has 5 nitrogen and oxygen atoms in total. The Morgan fingerprint density at radius 1 is 1.10 bits per heavy atom. The van der Waals surface area contributed by atoms with E-state index in [1.807, 2.05) is 49.3 Å². The minimum absolute atomic E-state index is 0.0183. The third-order valence-electron chi connectivity index (χ3n) is 2.86. The first-order valence-corrected chi connectivity index (χ1v) is 6.72. The smallest absolute Gasteiger partial charge is 0.228 e. The molecule has 110 valence electrons. The second-order valence-electron chi connectivity index (χ2n) is 5.00. The summed E-state index contributed by atoms with van der Waals surface area (Å²) in [5, 5.41) is 5.52. The number of amides is 2. The minimum Gasteiger partial charge on any atom is -0.355 e. The Balaban J connectivity index is 2.59. The van der Waals surface area contributed by atoms with Crippen LogP contribution in [-0.2, 0) is 9.59 Å². The molecule has 0 aliphatic rings. The van der Waals surface area contributed by atoms with E-state index in [4.69, 9.17) is 0 Å². The predicted molar refractivity (Wildman–Crippen MR) is 79.4 cm³/mol. The Bertz CT molecular complexity index is 432. The fourth-order valence-electron chi connectivity index (χ4n) is 1.94. The number of hydrogen-bond acceptors (Lipinski definition) is 3. The maximum absolute atomic E-state index is 12.3. The van der Waals surface area contributed by atoms with Gasteiger partial charge in [0.25, 0.3) is 0 Å². The van der Waals surface area contributed by atoms with Gasteiger partial charge in [0.05, 0.1) is 5.92 Å². The average Bonchev–Trinajstić information content (AvgIpc) is 2.41. The second-order valence-corrected chi connectivity index (χ2v) is 5.00. The standard InChI is InChI=1S/C15H23N3O2/c1-12(19)16-9-10-17-15(20)14(11-18(2)3)13-7-5-4-6-8-13/h4-8,14H,9-11H2,1-3H3,(H,16,19)(H,17,20). The summed E-state index contributed by atoms with van der Waals surface area (Å²) in [6.45, 7) is 3.00. The van der Waals surface area contributed by atoms with Crippen LogP contribution in [0.2, 0.25) is 0 Å². The molecule has 1 aromatic carbocycles. The molecule has 1 rings (SSSR count). The summed E-state index contributed by atoms with van der Waals surface area (Å²) in [7, 11) is 3.89. The molecule has 20 heavy (non-hydrogen) atoms. The first kappa shape index (κ1) is 16.2. The number of nitrogens with one attached hydrogen (secondary N) is 2. The molecule has 2 amide bonds. The zero-order valence-corrected chi connectivity index (χ0v) is 12.3. The van der Waals surface area contributed by atoms with Gasteiger partial charge in [-0.15, -0.1) is 0 Å². The first-order chi connectivity index (χ1) is 9.50. The predicted octanol–water partition coefficient (Wildman–Crippen LogP) is 0.584. The van der Waals surface area contributed by atoms with E-state index in [9.17, 15) is 9.59 Å². The van der Waals surface area contributed by atoms with Crippen LogP contribution in [0.15, 0.2) is 30.3 Å². The molecule has 0 fully saturated rings. The summed E-state index contributed by atoms with van der Waals surface area (Å²) in [4.78, 5) is 25.0. The van der Waals surface area contributed by atoms with E-state index >= 15 is 0 Å². The summed E-state index contributed by atoms with van der Waals surface area (Å²) in [6.07, 6.45) is 0. The SMILES string of the molecule is CC(=O)NCCNC(=O)C(CN(C)C)c1ccccc1. The van der Waals surface area contributed by atoms with Crippen molar-refractivity contribution in [3.8, 4) is 0 Å². The van der Waals surface area contributed by atoms with E-state index in [1.165, 1.54) is 6.92 Å². The van der Waals surface area contributed by atoms with Crippen LogP contribution < -0.4 is 10.6 Å². The Hall–Kier alpha value is -1.88. The molecule has 5 heteroatoms. The van der Waals surface area contributed by atoms with E-state index in [1.54, 1.807) is 0 Å². The molecule has 0 heterocycles. The van der Waals surface area contributed by atoms with Crippen LogP contribution in [0.5, 0.6) is 0 Å². The molecule has 2 N–H and O–H groups in total. The van der Waals surface area contributed by atoms with Crippen molar-refractivity contribution in [3.63, 3.8) is 0 Å². The number of rotatable bonds is 7. The van der Waals surface area contributed by atoms with Crippen LogP contribution in [0.3, 0.4) is 0 Å². The van der Waals surface area contributed by atoms with Crippen LogP contribution in [0, 0.1) is 0 Å². The van der Waals surface area contributed by atoms with Crippen molar-refractivity contribution in [2.24, 2.45) is 0 Å². The van der Waals surface area contributed by atoms with Crippen LogP contribution in [-0.4, -0.2) is 50.4 Å². The van der Waals surface area contributed by atoms with Crippen LogP contribution in [0.1, 0.15) is 18.4 Å². The molecule has 0 aromatic heterocycles. The zero-order chi connectivity index (χ0) is 15.0. The van der Waals surface area contributed by atoms with Crippen molar-refractivity contribution in [2.45, 2.75) is 12.8 Å². The van der Waals surface area contributed by atoms with Gasteiger partial charge < -0.3 is 15.5 Å². The van der Waals surface area contributed by atoms with Gasteiger partial charge in [0.15, 0.2) is 0 Å². The van der Waals surface area contributed by atoms with Gasteiger partial charge in [0.2, 0.25) is 11.8 Å². The number of carbonyl (C=O) groups excluding carboxylic acids is 2. The molecule has 0 saturated carbocycles. The maximum Gasteiger partial charge on any atom is 0.228 e. The summed E-state index contributed by atoms with van der Waals surface area (Å²) in [5.74, 6) is -0.314. The highest BCUT2D eigenvalue weighted by molar-refractivity contribution is 5.84. The molecular formula is C15H23N3O2. The number of carbonyl (C=O) groups is 2. The normalized spacial score (nSPS) is 12.0. The third kappa shape index (κ3) is 5.84. The lowest BCUT2D eigenvalue weighted by Crippen LogP contribution is -2.39. The van der Waals surface area contributed by atoms with Crippen LogP contribution in [0.25, 0.3) is 0 Å². The van der Waals surface area contributed by atoms with Gasteiger partial charge in [0, 0.05) is 26.6 Å². The first-order valence-electron chi connectivity index (χ1n) is 6.72. The topological polar surface area (TPSA) is 61.4 Å². The Kier molecular flexibility index (Phi) is 6.73. The van der Waals surface area contributed by atoms with Crippen molar-refractivity contribution in [1.82, 2.24) is 15.5 Å². The van der Waals surface area contributed by atoms with Gasteiger partial charge in [-0.25, -0.2) is 0 Å². The van der Waals surface area contributed by atoms with E-state index in [-0.39, 0.29) is 17.7 Å². The largest absolute Gasteiger partial charge is 0.355 e. The van der Waals surface area contributed by atoms with E-state index in [0.29, 0.717) is 19.6 Å². The van der Waals surface area contributed by atoms with Gasteiger partial charge >= 0.3 is 0 Å². The summed E-state index contributed by atoms with van der Waals surface area (Å²) in [5.41, 5.74) is 0.998. The summed E-state index contributed by atoms with van der Waals surface area (Å²) >= 11 is 0. The van der Waals surface area contributed by atoms with E-state index in [2.05, 4.69) is 10.6 Å². The molecule has 0 aliphatic heterocycles. The van der Waals surface area contributed by atoms with E-state index < -0.39 is 0 Å². The van der Waals surface area contributed by atoms with Gasteiger partial charge in [-0.2, -0.15) is 0 Å². The van der Waals surface area contributed by atoms with Crippen molar-refractivity contribution in [3.05, 3.63) is 35.9 Å². The lowest BCUT2D eigenvalue weighted by atomic mass is 9.98. The quantitative estimate of drug-likeness (QED) is 0.717. The fourth-order valence-corrected chi connectivity index (χ4v) is 1.94. The lowest BCUT2D eigenvalue weighted by molar-refractivity contribution is -0.123. The van der Waals surface area contributed by atoms with Gasteiger partial charge in [-0.1, -0.05) is 30.3 Å². The maximum atomic E-state index is 12.3. The minimum atomic E-state index is -0.205. The van der Waals surface area contributed by atoms with Gasteiger partial charge in [-0.05, 0) is 19.7 Å². The van der Waals surface area contributed by atoms with Crippen LogP contribution in [0.4, 0.5) is 0 Å². The zero-order valence-electron chi connectivity index (χ0n) is 12.3. The molecule has 0 bridgehead atoms. The third-order valence-corrected chi connectivity index (χ3v) is 2.86. The molecule has 1 aromatic rings. The number of likely N-dealkylation sites (N-methyl/N-ethyl adjacent to an activating group) is 1. The van der Waals surface area contributed by atoms with E-state index in [0.717, 1.165) is 5.56 Å². The highest BCUT2D eigenvalue weighted by Crippen LogP contribution is 2.16. The average molecular weight is 277 g/mol. The van der Waals surface area contributed by atoms with Crippen molar-refractivity contribution in [2.75, 3.05) is 33.7 Å². The van der Waals surface area contributed by atoms with Gasteiger partial charge in [0.1, 0.15) is 0 Å². The molecular weight excluding hydrogens is 254 g/mol. The van der Waals surface area contributed by atoms with Crippen molar-refractivity contribution < 1.29 is 9.59 Å². The molecule has 0 aliphatic carbocycles.